The number of amides is 1. The topological polar surface area (TPSA) is 41.1 Å². The molecule has 0 spiro atoms. The fourth-order valence-electron chi connectivity index (χ4n) is 2.33. The molecule has 0 aliphatic carbocycles. The first-order valence-electron chi connectivity index (χ1n) is 7.32. The van der Waals surface area contributed by atoms with Crippen LogP contribution in [0.15, 0.2) is 42.5 Å². The number of hydrogen-bond acceptors (Lipinski definition) is 2. The van der Waals surface area contributed by atoms with Gasteiger partial charge in [0.15, 0.2) is 0 Å². The highest BCUT2D eigenvalue weighted by Crippen LogP contribution is 2.22. The van der Waals surface area contributed by atoms with Crippen LogP contribution < -0.4 is 10.6 Å². The molecule has 0 radical (unpaired) electrons. The van der Waals surface area contributed by atoms with E-state index in [1.165, 1.54) is 5.56 Å². The van der Waals surface area contributed by atoms with Gasteiger partial charge >= 0.3 is 0 Å². The Morgan fingerprint density at radius 3 is 2.59 bits per heavy atom. The number of nitrogens with one attached hydrogen (secondary N) is 2. The summed E-state index contributed by atoms with van der Waals surface area (Å²) in [6.07, 6.45) is 0. The van der Waals surface area contributed by atoms with Gasteiger partial charge in [-0.25, -0.2) is 0 Å². The van der Waals surface area contributed by atoms with Gasteiger partial charge in [-0.3, -0.25) is 4.79 Å². The van der Waals surface area contributed by atoms with Gasteiger partial charge in [-0.2, -0.15) is 0 Å². The molecule has 0 bridgehead atoms. The molecule has 1 unspecified atom stereocenters. The van der Waals surface area contributed by atoms with E-state index in [9.17, 15) is 4.79 Å². The van der Waals surface area contributed by atoms with E-state index in [1.807, 2.05) is 57.2 Å². The van der Waals surface area contributed by atoms with Crippen molar-refractivity contribution in [2.24, 2.45) is 0 Å². The predicted molar refractivity (Wildman–Crippen MR) is 92.4 cm³/mol. The van der Waals surface area contributed by atoms with Crippen molar-refractivity contribution in [2.75, 3.05) is 11.9 Å². The van der Waals surface area contributed by atoms with Crippen LogP contribution in [-0.2, 0) is 4.79 Å². The summed E-state index contributed by atoms with van der Waals surface area (Å²) in [6.45, 7) is 6.25. The number of hydrogen-bond donors (Lipinski definition) is 2. The molecule has 0 aliphatic rings. The van der Waals surface area contributed by atoms with Gasteiger partial charge in [0, 0.05) is 16.8 Å². The van der Waals surface area contributed by atoms with E-state index in [2.05, 4.69) is 16.7 Å². The molecule has 0 saturated carbocycles. The van der Waals surface area contributed by atoms with E-state index in [0.717, 1.165) is 16.8 Å². The molecular weight excluding hydrogens is 296 g/mol. The van der Waals surface area contributed by atoms with Gasteiger partial charge < -0.3 is 10.6 Å². The lowest BCUT2D eigenvalue weighted by Crippen LogP contribution is -2.30. The summed E-state index contributed by atoms with van der Waals surface area (Å²) in [5, 5.41) is 6.82. The van der Waals surface area contributed by atoms with E-state index >= 15 is 0 Å². The van der Waals surface area contributed by atoms with Crippen molar-refractivity contribution in [3.8, 4) is 0 Å². The van der Waals surface area contributed by atoms with Gasteiger partial charge in [-0.15, -0.1) is 0 Å². The predicted octanol–water partition coefficient (Wildman–Crippen LogP) is 4.25. The van der Waals surface area contributed by atoms with Crippen LogP contribution in [0.25, 0.3) is 0 Å². The molecule has 22 heavy (non-hydrogen) atoms. The summed E-state index contributed by atoms with van der Waals surface area (Å²) in [4.78, 5) is 12.1. The second kappa shape index (κ2) is 7.43. The number of rotatable bonds is 5. The quantitative estimate of drug-likeness (QED) is 0.866. The van der Waals surface area contributed by atoms with E-state index in [-0.39, 0.29) is 18.5 Å². The number of benzene rings is 2. The highest BCUT2D eigenvalue weighted by atomic mass is 35.5. The third kappa shape index (κ3) is 4.33. The highest BCUT2D eigenvalue weighted by molar-refractivity contribution is 6.31. The van der Waals surface area contributed by atoms with Crippen molar-refractivity contribution in [1.29, 1.82) is 0 Å². The van der Waals surface area contributed by atoms with E-state index in [0.29, 0.717) is 5.02 Å². The molecule has 0 aromatic heterocycles. The first-order valence-corrected chi connectivity index (χ1v) is 7.70. The Kier molecular flexibility index (Phi) is 5.58. The van der Waals surface area contributed by atoms with Gasteiger partial charge in [0.05, 0.1) is 6.54 Å². The first-order chi connectivity index (χ1) is 10.5. The van der Waals surface area contributed by atoms with Crippen LogP contribution in [0.5, 0.6) is 0 Å². The Hall–Kier alpha value is -1.84. The molecular formula is C18H21ClN2O. The van der Waals surface area contributed by atoms with E-state index in [1.54, 1.807) is 0 Å². The molecule has 2 aromatic rings. The number of aryl methyl sites for hydroxylation is 2. The van der Waals surface area contributed by atoms with Crippen LogP contribution in [0.4, 0.5) is 5.69 Å². The molecule has 2 rings (SSSR count). The van der Waals surface area contributed by atoms with Crippen LogP contribution in [0, 0.1) is 13.8 Å². The molecule has 0 fully saturated rings. The lowest BCUT2D eigenvalue weighted by molar-refractivity contribution is -0.115. The van der Waals surface area contributed by atoms with Crippen molar-refractivity contribution in [3.63, 3.8) is 0 Å². The van der Waals surface area contributed by atoms with Gasteiger partial charge in [0.2, 0.25) is 5.91 Å². The number of anilines is 1. The number of carbonyl (C=O) groups is 1. The van der Waals surface area contributed by atoms with E-state index < -0.39 is 0 Å². The molecule has 116 valence electrons. The molecule has 2 N–H and O–H groups in total. The summed E-state index contributed by atoms with van der Waals surface area (Å²) in [7, 11) is 0. The minimum atomic E-state index is -0.0640. The lowest BCUT2D eigenvalue weighted by atomic mass is 10.1. The average Bonchev–Trinajstić information content (AvgIpc) is 2.48. The smallest absolute Gasteiger partial charge is 0.238 e. The Labute approximate surface area is 136 Å². The fraction of sp³-hybridized carbons (Fsp3) is 0.278. The first kappa shape index (κ1) is 16.5. The Morgan fingerprint density at radius 2 is 1.91 bits per heavy atom. The average molecular weight is 317 g/mol. The van der Waals surface area contributed by atoms with Crippen molar-refractivity contribution in [3.05, 3.63) is 64.2 Å². The third-order valence-corrected chi connectivity index (χ3v) is 3.94. The van der Waals surface area contributed by atoms with Crippen LogP contribution in [0.3, 0.4) is 0 Å². The Bertz CT molecular complexity index is 670. The maximum Gasteiger partial charge on any atom is 0.238 e. The minimum absolute atomic E-state index is 0.0126. The zero-order valence-electron chi connectivity index (χ0n) is 13.1. The summed E-state index contributed by atoms with van der Waals surface area (Å²) >= 11 is 6.16. The minimum Gasteiger partial charge on any atom is -0.325 e. The summed E-state index contributed by atoms with van der Waals surface area (Å²) in [6, 6.07) is 13.6. The summed E-state index contributed by atoms with van der Waals surface area (Å²) < 4.78 is 0. The molecule has 2 aromatic carbocycles. The Morgan fingerprint density at radius 1 is 1.18 bits per heavy atom. The van der Waals surface area contributed by atoms with Gasteiger partial charge in [-0.05, 0) is 44.0 Å². The highest BCUT2D eigenvalue weighted by Gasteiger charge is 2.11. The number of halogens is 1. The second-order valence-electron chi connectivity index (χ2n) is 5.49. The van der Waals surface area contributed by atoms with Crippen LogP contribution >= 0.6 is 11.6 Å². The van der Waals surface area contributed by atoms with Crippen LogP contribution in [-0.4, -0.2) is 12.5 Å². The zero-order chi connectivity index (χ0) is 16.1. The van der Waals surface area contributed by atoms with Crippen molar-refractivity contribution in [2.45, 2.75) is 26.8 Å². The van der Waals surface area contributed by atoms with Crippen molar-refractivity contribution >= 4 is 23.2 Å². The Balaban J connectivity index is 1.91. The lowest BCUT2D eigenvalue weighted by Gasteiger charge is -2.16. The molecule has 4 heteroatoms. The monoisotopic (exact) mass is 316 g/mol. The fourth-order valence-corrected chi connectivity index (χ4v) is 2.63. The van der Waals surface area contributed by atoms with Crippen LogP contribution in [0.1, 0.15) is 29.7 Å². The van der Waals surface area contributed by atoms with Gasteiger partial charge in [0.25, 0.3) is 0 Å². The molecule has 3 nitrogen and oxygen atoms in total. The molecule has 0 heterocycles. The maximum absolute atomic E-state index is 12.1. The van der Waals surface area contributed by atoms with Crippen molar-refractivity contribution < 1.29 is 4.79 Å². The van der Waals surface area contributed by atoms with Gasteiger partial charge in [-0.1, -0.05) is 47.5 Å². The van der Waals surface area contributed by atoms with Crippen LogP contribution in [0.2, 0.25) is 5.02 Å². The van der Waals surface area contributed by atoms with E-state index in [4.69, 9.17) is 11.6 Å². The normalized spacial score (nSPS) is 12.0. The van der Waals surface area contributed by atoms with Gasteiger partial charge in [0.1, 0.15) is 0 Å². The maximum atomic E-state index is 12.1. The summed E-state index contributed by atoms with van der Waals surface area (Å²) in [5.74, 6) is -0.0640. The SMILES string of the molecule is Cc1ccc(NC(=O)CNC(C)c2ccccc2Cl)c(C)c1. The molecule has 0 aliphatic heterocycles. The molecule has 0 saturated heterocycles. The standard InChI is InChI=1S/C18H21ClN2O/c1-12-8-9-17(13(2)10-12)21-18(22)11-20-14(3)15-6-4-5-7-16(15)19/h4-10,14,20H,11H2,1-3H3,(H,21,22). The molecule has 1 atom stereocenters. The number of carbonyl (C=O) groups excluding carboxylic acids is 1. The van der Waals surface area contributed by atoms with Crippen molar-refractivity contribution in [1.82, 2.24) is 5.32 Å². The largest absolute Gasteiger partial charge is 0.325 e. The third-order valence-electron chi connectivity index (χ3n) is 3.60. The second-order valence-corrected chi connectivity index (χ2v) is 5.90. The zero-order valence-corrected chi connectivity index (χ0v) is 13.9. The molecule has 1 amide bonds. The summed E-state index contributed by atoms with van der Waals surface area (Å²) in [5.41, 5.74) is 4.08.